The molecule has 21 heavy (non-hydrogen) atoms. The number of aromatic nitrogens is 1. The molecule has 5 nitrogen and oxygen atoms in total. The summed E-state index contributed by atoms with van der Waals surface area (Å²) in [5.74, 6) is 5.49. The number of hydrogen-bond donors (Lipinski definition) is 3. The van der Waals surface area contributed by atoms with Gasteiger partial charge in [-0.25, -0.2) is 10.8 Å². The van der Waals surface area contributed by atoms with Gasteiger partial charge in [-0.3, -0.25) is 4.79 Å². The van der Waals surface area contributed by atoms with Crippen molar-refractivity contribution in [2.75, 3.05) is 12.0 Å². The lowest BCUT2D eigenvalue weighted by Gasteiger charge is -2.08. The van der Waals surface area contributed by atoms with Gasteiger partial charge in [0.15, 0.2) is 0 Å². The lowest BCUT2D eigenvalue weighted by Crippen LogP contribution is -2.26. The minimum absolute atomic E-state index is 0.195. The topological polar surface area (TPSA) is 80.0 Å². The number of nitrogens with zero attached hydrogens (tertiary/aromatic N) is 1. The Labute approximate surface area is 132 Å². The van der Waals surface area contributed by atoms with Crippen LogP contribution in [0.2, 0.25) is 10.0 Å². The molecule has 0 aliphatic carbocycles. The predicted molar refractivity (Wildman–Crippen MR) is 84.5 cm³/mol. The number of hydrogen-bond acceptors (Lipinski definition) is 4. The van der Waals surface area contributed by atoms with Crippen molar-refractivity contribution in [3.63, 3.8) is 0 Å². The molecule has 4 N–H and O–H groups in total. The van der Waals surface area contributed by atoms with Gasteiger partial charge in [-0.1, -0.05) is 29.3 Å². The summed E-state index contributed by atoms with van der Waals surface area (Å²) in [6, 6.07) is 8.49. The number of benzene rings is 1. The first-order valence-corrected chi connectivity index (χ1v) is 7.00. The lowest BCUT2D eigenvalue weighted by molar-refractivity contribution is 0.0954. The van der Waals surface area contributed by atoms with Crippen molar-refractivity contribution in [2.24, 2.45) is 5.84 Å². The van der Waals surface area contributed by atoms with Crippen molar-refractivity contribution in [3.8, 4) is 0 Å². The predicted octanol–water partition coefficient (Wildman–Crippen LogP) is 2.65. The summed E-state index contributed by atoms with van der Waals surface area (Å²) in [6.45, 7) is 0.466. The first kappa shape index (κ1) is 15.6. The molecule has 2 aromatic rings. The van der Waals surface area contributed by atoms with Crippen LogP contribution in [0.4, 0.5) is 5.82 Å². The van der Waals surface area contributed by atoms with Gasteiger partial charge in [0, 0.05) is 28.4 Å². The molecule has 0 fully saturated rings. The van der Waals surface area contributed by atoms with E-state index in [1.807, 2.05) is 6.07 Å². The number of carbonyl (C=O) groups excluding carboxylic acids is 1. The number of nitrogen functional groups attached to an aromatic ring is 1. The Morgan fingerprint density at radius 1 is 1.24 bits per heavy atom. The second kappa shape index (κ2) is 7.26. The van der Waals surface area contributed by atoms with Gasteiger partial charge in [0.2, 0.25) is 0 Å². The van der Waals surface area contributed by atoms with E-state index in [1.54, 1.807) is 24.3 Å². The average Bonchev–Trinajstić information content (AvgIpc) is 2.49. The summed E-state index contributed by atoms with van der Waals surface area (Å²) in [5, 5.41) is 4.00. The molecule has 0 radical (unpaired) electrons. The van der Waals surface area contributed by atoms with E-state index in [2.05, 4.69) is 15.7 Å². The van der Waals surface area contributed by atoms with Crippen LogP contribution < -0.4 is 16.6 Å². The Bertz CT molecular complexity index is 649. The molecule has 0 saturated carbocycles. The van der Waals surface area contributed by atoms with Crippen molar-refractivity contribution in [3.05, 3.63) is 57.7 Å². The molecule has 0 atom stereocenters. The summed E-state index contributed by atoms with van der Waals surface area (Å²) in [5.41, 5.74) is 3.81. The van der Waals surface area contributed by atoms with Gasteiger partial charge in [-0.2, -0.15) is 0 Å². The number of carbonyl (C=O) groups is 1. The van der Waals surface area contributed by atoms with E-state index in [9.17, 15) is 4.79 Å². The van der Waals surface area contributed by atoms with Crippen molar-refractivity contribution in [2.45, 2.75) is 6.42 Å². The van der Waals surface area contributed by atoms with Gasteiger partial charge in [-0.15, -0.1) is 0 Å². The van der Waals surface area contributed by atoms with Crippen LogP contribution in [0.3, 0.4) is 0 Å². The monoisotopic (exact) mass is 324 g/mol. The Hall–Kier alpha value is -1.82. The third-order valence-corrected chi connectivity index (χ3v) is 3.45. The van der Waals surface area contributed by atoms with E-state index in [4.69, 9.17) is 29.0 Å². The minimum atomic E-state index is -0.195. The molecule has 1 aromatic carbocycles. The smallest absolute Gasteiger partial charge is 0.251 e. The highest BCUT2D eigenvalue weighted by atomic mass is 35.5. The Morgan fingerprint density at radius 3 is 2.76 bits per heavy atom. The highest BCUT2D eigenvalue weighted by Crippen LogP contribution is 2.21. The molecule has 0 saturated heterocycles. The quantitative estimate of drug-likeness (QED) is 0.583. The fourth-order valence-corrected chi connectivity index (χ4v) is 2.29. The van der Waals surface area contributed by atoms with Gasteiger partial charge >= 0.3 is 0 Å². The number of halogens is 2. The molecule has 110 valence electrons. The van der Waals surface area contributed by atoms with Crippen LogP contribution in [0.25, 0.3) is 0 Å². The zero-order valence-electron chi connectivity index (χ0n) is 11.1. The van der Waals surface area contributed by atoms with Gasteiger partial charge in [-0.05, 0) is 36.2 Å². The van der Waals surface area contributed by atoms with Crippen molar-refractivity contribution >= 4 is 34.9 Å². The van der Waals surface area contributed by atoms with Crippen LogP contribution >= 0.6 is 23.2 Å². The van der Waals surface area contributed by atoms with Crippen LogP contribution in [-0.4, -0.2) is 17.4 Å². The van der Waals surface area contributed by atoms with E-state index in [1.165, 1.54) is 6.20 Å². The summed E-state index contributed by atoms with van der Waals surface area (Å²) < 4.78 is 0. The Morgan fingerprint density at radius 2 is 2.05 bits per heavy atom. The number of pyridine rings is 1. The highest BCUT2D eigenvalue weighted by molar-refractivity contribution is 6.35. The molecule has 0 aliphatic heterocycles. The van der Waals surface area contributed by atoms with Crippen LogP contribution in [0.1, 0.15) is 15.9 Å². The van der Waals surface area contributed by atoms with Crippen molar-refractivity contribution < 1.29 is 4.79 Å². The molecule has 7 heteroatoms. The molecular weight excluding hydrogens is 311 g/mol. The standard InChI is InChI=1S/C14H14Cl2N4O/c15-11-2-1-9(12(16)8-11)3-6-19-14(21)10-4-5-18-13(7-10)20-17/h1-2,4-5,7-8H,3,6,17H2,(H,18,20)(H,19,21). The molecule has 2 rings (SSSR count). The van der Waals surface area contributed by atoms with E-state index in [-0.39, 0.29) is 5.91 Å². The first-order chi connectivity index (χ1) is 10.1. The number of rotatable bonds is 5. The Kier molecular flexibility index (Phi) is 5.38. The van der Waals surface area contributed by atoms with E-state index < -0.39 is 0 Å². The maximum Gasteiger partial charge on any atom is 0.251 e. The molecule has 0 spiro atoms. The summed E-state index contributed by atoms with van der Waals surface area (Å²) in [7, 11) is 0. The number of hydrazine groups is 1. The molecular formula is C14H14Cl2N4O. The summed E-state index contributed by atoms with van der Waals surface area (Å²) in [4.78, 5) is 15.9. The van der Waals surface area contributed by atoms with Crippen molar-refractivity contribution in [1.29, 1.82) is 0 Å². The zero-order chi connectivity index (χ0) is 15.2. The minimum Gasteiger partial charge on any atom is -0.352 e. The van der Waals surface area contributed by atoms with Crippen LogP contribution in [-0.2, 0) is 6.42 Å². The van der Waals surface area contributed by atoms with Crippen LogP contribution in [0, 0.1) is 0 Å². The number of amides is 1. The van der Waals surface area contributed by atoms with Gasteiger partial charge in [0.1, 0.15) is 5.82 Å². The van der Waals surface area contributed by atoms with Gasteiger partial charge in [0.05, 0.1) is 0 Å². The van der Waals surface area contributed by atoms with Gasteiger partial charge in [0.25, 0.3) is 5.91 Å². The third kappa shape index (κ3) is 4.32. The molecule has 0 aliphatic rings. The summed E-state index contributed by atoms with van der Waals surface area (Å²) >= 11 is 11.9. The first-order valence-electron chi connectivity index (χ1n) is 6.25. The van der Waals surface area contributed by atoms with Crippen LogP contribution in [0.15, 0.2) is 36.5 Å². The average molecular weight is 325 g/mol. The fourth-order valence-electron chi connectivity index (χ4n) is 1.79. The van der Waals surface area contributed by atoms with E-state index in [0.717, 1.165) is 5.56 Å². The zero-order valence-corrected chi connectivity index (χ0v) is 12.6. The molecule has 1 heterocycles. The number of anilines is 1. The van der Waals surface area contributed by atoms with E-state index >= 15 is 0 Å². The normalized spacial score (nSPS) is 10.2. The third-order valence-electron chi connectivity index (χ3n) is 2.87. The maximum atomic E-state index is 12.0. The fraction of sp³-hybridized carbons (Fsp3) is 0.143. The van der Waals surface area contributed by atoms with E-state index in [0.29, 0.717) is 34.4 Å². The van der Waals surface area contributed by atoms with Gasteiger partial charge < -0.3 is 10.7 Å². The second-order valence-electron chi connectivity index (χ2n) is 4.32. The molecule has 0 bridgehead atoms. The maximum absolute atomic E-state index is 12.0. The molecule has 1 amide bonds. The lowest BCUT2D eigenvalue weighted by atomic mass is 10.1. The van der Waals surface area contributed by atoms with Crippen LogP contribution in [0.5, 0.6) is 0 Å². The molecule has 1 aromatic heterocycles. The number of nitrogens with one attached hydrogen (secondary N) is 2. The number of nitrogens with two attached hydrogens (primary N) is 1. The largest absolute Gasteiger partial charge is 0.352 e. The molecule has 0 unspecified atom stereocenters. The van der Waals surface area contributed by atoms with Crippen molar-refractivity contribution in [1.82, 2.24) is 10.3 Å². The SMILES string of the molecule is NNc1cc(C(=O)NCCc2ccc(Cl)cc2Cl)ccn1. The summed E-state index contributed by atoms with van der Waals surface area (Å²) in [6.07, 6.45) is 2.13. The Balaban J connectivity index is 1.92. The highest BCUT2D eigenvalue weighted by Gasteiger charge is 2.07. The second-order valence-corrected chi connectivity index (χ2v) is 5.16.